The third-order valence-electron chi connectivity index (χ3n) is 5.32. The summed E-state index contributed by atoms with van der Waals surface area (Å²) in [5.74, 6) is 7.00. The van der Waals surface area contributed by atoms with Crippen molar-refractivity contribution in [2.75, 3.05) is 17.3 Å². The fourth-order valence-corrected chi connectivity index (χ4v) is 3.81. The van der Waals surface area contributed by atoms with Crippen molar-refractivity contribution >= 4 is 17.7 Å². The van der Waals surface area contributed by atoms with Gasteiger partial charge in [-0.3, -0.25) is 10.2 Å². The van der Waals surface area contributed by atoms with Gasteiger partial charge in [-0.1, -0.05) is 62.4 Å². The Bertz CT molecular complexity index is 748. The predicted molar refractivity (Wildman–Crippen MR) is 112 cm³/mol. The van der Waals surface area contributed by atoms with Gasteiger partial charge in [0.1, 0.15) is 11.9 Å². The van der Waals surface area contributed by atoms with E-state index in [2.05, 4.69) is 32.8 Å². The summed E-state index contributed by atoms with van der Waals surface area (Å²) >= 11 is 0. The summed E-state index contributed by atoms with van der Waals surface area (Å²) < 4.78 is 0. The van der Waals surface area contributed by atoms with Crippen LogP contribution < -0.4 is 21.5 Å². The van der Waals surface area contributed by atoms with Crippen LogP contribution in [0.1, 0.15) is 44.1 Å². The summed E-state index contributed by atoms with van der Waals surface area (Å²) in [5.41, 5.74) is 3.47. The number of nitrogens with two attached hydrogens (primary N) is 1. The van der Waals surface area contributed by atoms with E-state index in [9.17, 15) is 4.79 Å². The molecule has 1 aromatic heterocycles. The zero-order chi connectivity index (χ0) is 19.8. The first kappa shape index (κ1) is 20.1. The number of rotatable bonds is 8. The number of carbonyl (C=O) groups is 1. The van der Waals surface area contributed by atoms with Gasteiger partial charge in [-0.05, 0) is 24.0 Å². The van der Waals surface area contributed by atoms with Gasteiger partial charge in [0.05, 0.1) is 0 Å². The topological polar surface area (TPSA) is 96.2 Å². The molecule has 1 fully saturated rings. The zero-order valence-electron chi connectivity index (χ0n) is 16.5. The SMILES string of the molecule is CN(Cc1ccccc1)c1nccc(N[C@@H](CC2CCCCC2)C(=O)NN)n1. The van der Waals surface area contributed by atoms with Crippen molar-refractivity contribution in [2.45, 2.75) is 51.1 Å². The fraction of sp³-hybridized carbons (Fsp3) is 0.476. The Morgan fingerprint density at radius 1 is 1.21 bits per heavy atom. The minimum absolute atomic E-state index is 0.205. The minimum Gasteiger partial charge on any atom is -0.358 e. The average Bonchev–Trinajstić information content (AvgIpc) is 2.74. The highest BCUT2D eigenvalue weighted by molar-refractivity contribution is 5.83. The van der Waals surface area contributed by atoms with Gasteiger partial charge in [0.15, 0.2) is 0 Å². The quantitative estimate of drug-likeness (QED) is 0.369. The van der Waals surface area contributed by atoms with Gasteiger partial charge in [0, 0.05) is 19.8 Å². The van der Waals surface area contributed by atoms with Crippen molar-refractivity contribution in [3.05, 3.63) is 48.2 Å². The number of aromatic nitrogens is 2. The lowest BCUT2D eigenvalue weighted by atomic mass is 9.84. The molecule has 4 N–H and O–H groups in total. The maximum absolute atomic E-state index is 12.3. The Morgan fingerprint density at radius 3 is 2.68 bits per heavy atom. The molecular weight excluding hydrogens is 352 g/mol. The molecule has 3 rings (SSSR count). The number of benzene rings is 1. The summed E-state index contributed by atoms with van der Waals surface area (Å²) in [5, 5.41) is 3.27. The standard InChI is InChI=1S/C21H30N6O/c1-27(15-17-10-6-3-7-11-17)21-23-13-12-19(25-21)24-18(20(28)26-22)14-16-8-4-2-5-9-16/h3,6-7,10-13,16,18H,2,4-5,8-9,14-15,22H2,1H3,(H,26,28)(H,23,24,25)/t18-/m0/s1. The van der Waals surface area contributed by atoms with Gasteiger partial charge in [-0.25, -0.2) is 10.8 Å². The van der Waals surface area contributed by atoms with Crippen molar-refractivity contribution in [1.82, 2.24) is 15.4 Å². The molecule has 0 unspecified atom stereocenters. The molecule has 0 radical (unpaired) electrons. The second kappa shape index (κ2) is 10.0. The number of nitrogens with zero attached hydrogens (tertiary/aromatic N) is 3. The molecule has 1 atom stereocenters. The van der Waals surface area contributed by atoms with Gasteiger partial charge >= 0.3 is 0 Å². The molecule has 1 aliphatic rings. The number of carbonyl (C=O) groups excluding carboxylic acids is 1. The molecule has 7 heteroatoms. The highest BCUT2D eigenvalue weighted by Gasteiger charge is 2.24. The summed E-state index contributed by atoms with van der Waals surface area (Å²) in [7, 11) is 1.96. The van der Waals surface area contributed by atoms with E-state index in [0.29, 0.717) is 24.2 Å². The maximum atomic E-state index is 12.3. The second-order valence-electron chi connectivity index (χ2n) is 7.53. The van der Waals surface area contributed by atoms with Crippen LogP contribution >= 0.6 is 0 Å². The van der Waals surface area contributed by atoms with Crippen molar-refractivity contribution in [1.29, 1.82) is 0 Å². The average molecular weight is 383 g/mol. The van der Waals surface area contributed by atoms with Crippen LogP contribution in [-0.2, 0) is 11.3 Å². The summed E-state index contributed by atoms with van der Waals surface area (Å²) in [6, 6.07) is 11.6. The van der Waals surface area contributed by atoms with Crippen LogP contribution in [0, 0.1) is 5.92 Å². The Morgan fingerprint density at radius 2 is 1.96 bits per heavy atom. The van der Waals surface area contributed by atoms with Crippen molar-refractivity contribution in [3.63, 3.8) is 0 Å². The number of hydrogen-bond acceptors (Lipinski definition) is 6. The normalized spacial score (nSPS) is 15.6. The summed E-state index contributed by atoms with van der Waals surface area (Å²) in [6.45, 7) is 0.707. The van der Waals surface area contributed by atoms with Gasteiger partial charge in [-0.2, -0.15) is 4.98 Å². The third kappa shape index (κ3) is 5.66. The van der Waals surface area contributed by atoms with E-state index >= 15 is 0 Å². The van der Waals surface area contributed by atoms with Gasteiger partial charge in [0.2, 0.25) is 5.95 Å². The van der Waals surface area contributed by atoms with E-state index in [1.54, 1.807) is 12.3 Å². The first-order valence-electron chi connectivity index (χ1n) is 10.0. The molecule has 0 saturated heterocycles. The number of hydrogen-bond donors (Lipinski definition) is 3. The highest BCUT2D eigenvalue weighted by atomic mass is 16.2. The third-order valence-corrected chi connectivity index (χ3v) is 5.32. The summed E-state index contributed by atoms with van der Waals surface area (Å²) in [6.07, 6.45) is 8.59. The van der Waals surface area contributed by atoms with Crippen LogP contribution in [0.3, 0.4) is 0 Å². The van der Waals surface area contributed by atoms with Crippen molar-refractivity contribution in [2.24, 2.45) is 11.8 Å². The van der Waals surface area contributed by atoms with E-state index in [-0.39, 0.29) is 5.91 Å². The molecule has 1 saturated carbocycles. The lowest BCUT2D eigenvalue weighted by Gasteiger charge is -2.26. The fourth-order valence-electron chi connectivity index (χ4n) is 3.81. The molecule has 0 bridgehead atoms. The predicted octanol–water partition coefficient (Wildman–Crippen LogP) is 2.85. The van der Waals surface area contributed by atoms with E-state index in [1.807, 2.05) is 30.1 Å². The van der Waals surface area contributed by atoms with Crippen LogP contribution in [0.5, 0.6) is 0 Å². The largest absolute Gasteiger partial charge is 0.358 e. The molecular formula is C21H30N6O. The number of anilines is 2. The lowest BCUT2D eigenvalue weighted by molar-refractivity contribution is -0.122. The van der Waals surface area contributed by atoms with Crippen LogP contribution in [-0.4, -0.2) is 29.0 Å². The number of amides is 1. The van der Waals surface area contributed by atoms with Crippen LogP contribution in [0.2, 0.25) is 0 Å². The van der Waals surface area contributed by atoms with Gasteiger partial charge < -0.3 is 10.2 Å². The van der Waals surface area contributed by atoms with Crippen LogP contribution in [0.25, 0.3) is 0 Å². The van der Waals surface area contributed by atoms with E-state index in [0.717, 1.165) is 6.42 Å². The number of nitrogens with one attached hydrogen (secondary N) is 2. The smallest absolute Gasteiger partial charge is 0.256 e. The Hall–Kier alpha value is -2.67. The minimum atomic E-state index is -0.393. The molecule has 1 amide bonds. The Balaban J connectivity index is 1.67. The molecule has 28 heavy (non-hydrogen) atoms. The Kier molecular flexibility index (Phi) is 7.19. The molecule has 150 valence electrons. The first-order valence-corrected chi connectivity index (χ1v) is 10.0. The van der Waals surface area contributed by atoms with Gasteiger partial charge in [0.25, 0.3) is 5.91 Å². The molecule has 7 nitrogen and oxygen atoms in total. The molecule has 0 spiro atoms. The molecule has 1 heterocycles. The molecule has 0 aliphatic heterocycles. The number of hydrazine groups is 1. The molecule has 1 aromatic carbocycles. The van der Waals surface area contributed by atoms with Crippen molar-refractivity contribution < 1.29 is 4.79 Å². The van der Waals surface area contributed by atoms with Crippen LogP contribution in [0.4, 0.5) is 11.8 Å². The Labute approximate surface area is 166 Å². The highest BCUT2D eigenvalue weighted by Crippen LogP contribution is 2.28. The van der Waals surface area contributed by atoms with E-state index < -0.39 is 6.04 Å². The van der Waals surface area contributed by atoms with E-state index in [4.69, 9.17) is 5.84 Å². The monoisotopic (exact) mass is 382 g/mol. The maximum Gasteiger partial charge on any atom is 0.256 e. The summed E-state index contributed by atoms with van der Waals surface area (Å²) in [4.78, 5) is 23.3. The first-order chi connectivity index (χ1) is 13.7. The molecule has 2 aromatic rings. The van der Waals surface area contributed by atoms with E-state index in [1.165, 1.54) is 37.7 Å². The van der Waals surface area contributed by atoms with Crippen molar-refractivity contribution in [3.8, 4) is 0 Å². The zero-order valence-corrected chi connectivity index (χ0v) is 16.5. The van der Waals surface area contributed by atoms with Crippen LogP contribution in [0.15, 0.2) is 42.6 Å². The second-order valence-corrected chi connectivity index (χ2v) is 7.53. The molecule has 1 aliphatic carbocycles. The van der Waals surface area contributed by atoms with Gasteiger partial charge in [-0.15, -0.1) is 0 Å². The lowest BCUT2D eigenvalue weighted by Crippen LogP contribution is -2.44.